The number of benzene rings is 1. The minimum absolute atomic E-state index is 0.132. The lowest BCUT2D eigenvalue weighted by Gasteiger charge is -2.36. The third-order valence-electron chi connectivity index (χ3n) is 3.61. The van der Waals surface area contributed by atoms with Crippen molar-refractivity contribution in [2.24, 2.45) is 5.92 Å². The first kappa shape index (κ1) is 12.4. The highest BCUT2D eigenvalue weighted by molar-refractivity contribution is 5.38. The van der Waals surface area contributed by atoms with Gasteiger partial charge in [0.25, 0.3) is 0 Å². The van der Waals surface area contributed by atoms with E-state index < -0.39 is 5.60 Å². The van der Waals surface area contributed by atoms with Crippen molar-refractivity contribution in [1.29, 1.82) is 0 Å². The van der Waals surface area contributed by atoms with Crippen LogP contribution >= 0.6 is 0 Å². The van der Waals surface area contributed by atoms with Crippen LogP contribution in [0.25, 0.3) is 0 Å². The molecule has 1 heterocycles. The Kier molecular flexibility index (Phi) is 3.69. The van der Waals surface area contributed by atoms with Crippen molar-refractivity contribution in [1.82, 2.24) is 0 Å². The molecule has 1 fully saturated rings. The van der Waals surface area contributed by atoms with Gasteiger partial charge in [-0.2, -0.15) is 0 Å². The van der Waals surface area contributed by atoms with E-state index in [9.17, 15) is 5.11 Å². The molecule has 1 aliphatic rings. The Morgan fingerprint density at radius 2 is 2.18 bits per heavy atom. The van der Waals surface area contributed by atoms with Crippen LogP contribution in [0.4, 0.5) is 0 Å². The summed E-state index contributed by atoms with van der Waals surface area (Å²) in [7, 11) is 1.63. The molecule has 2 atom stereocenters. The third-order valence-corrected chi connectivity index (χ3v) is 3.61. The molecule has 2 unspecified atom stereocenters. The van der Waals surface area contributed by atoms with Gasteiger partial charge in [0.1, 0.15) is 5.75 Å². The van der Waals surface area contributed by atoms with Crippen LogP contribution < -0.4 is 4.74 Å². The molecule has 0 saturated carbocycles. The lowest BCUT2D eigenvalue weighted by atomic mass is 9.79. The fourth-order valence-electron chi connectivity index (χ4n) is 2.47. The second-order valence-electron chi connectivity index (χ2n) is 4.76. The average Bonchev–Trinajstić information content (AvgIpc) is 2.39. The van der Waals surface area contributed by atoms with E-state index in [0.717, 1.165) is 30.8 Å². The Bertz CT molecular complexity index is 367. The molecule has 1 aromatic rings. The zero-order valence-electron chi connectivity index (χ0n) is 10.5. The van der Waals surface area contributed by atoms with E-state index in [1.54, 1.807) is 7.11 Å². The molecule has 3 nitrogen and oxygen atoms in total. The molecule has 0 bridgehead atoms. The highest BCUT2D eigenvalue weighted by Crippen LogP contribution is 2.38. The largest absolute Gasteiger partial charge is 0.496 e. The summed E-state index contributed by atoms with van der Waals surface area (Å²) in [4.78, 5) is 0. The average molecular weight is 236 g/mol. The Morgan fingerprint density at radius 3 is 2.82 bits per heavy atom. The first-order chi connectivity index (χ1) is 8.16. The summed E-state index contributed by atoms with van der Waals surface area (Å²) in [5.74, 6) is 0.871. The van der Waals surface area contributed by atoms with Gasteiger partial charge in [-0.25, -0.2) is 0 Å². The normalized spacial score (nSPS) is 24.1. The summed E-state index contributed by atoms with van der Waals surface area (Å²) in [6.45, 7) is 3.27. The van der Waals surface area contributed by atoms with Gasteiger partial charge in [-0.15, -0.1) is 0 Å². The van der Waals surface area contributed by atoms with Gasteiger partial charge in [0, 0.05) is 18.1 Å². The predicted molar refractivity (Wildman–Crippen MR) is 66.1 cm³/mol. The molecule has 0 aliphatic carbocycles. The molecule has 0 radical (unpaired) electrons. The predicted octanol–water partition coefficient (Wildman–Crippen LogP) is 2.33. The van der Waals surface area contributed by atoms with Crippen molar-refractivity contribution < 1.29 is 14.6 Å². The summed E-state index contributed by atoms with van der Waals surface area (Å²) >= 11 is 0. The van der Waals surface area contributed by atoms with Gasteiger partial charge in [-0.05, 0) is 25.8 Å². The Balaban J connectivity index is 2.29. The fraction of sp³-hybridized carbons (Fsp3) is 0.571. The molecule has 17 heavy (non-hydrogen) atoms. The smallest absolute Gasteiger partial charge is 0.124 e. The van der Waals surface area contributed by atoms with E-state index in [4.69, 9.17) is 9.47 Å². The third kappa shape index (κ3) is 2.45. The fourth-order valence-corrected chi connectivity index (χ4v) is 2.47. The Labute approximate surface area is 102 Å². The van der Waals surface area contributed by atoms with Crippen LogP contribution in [-0.2, 0) is 10.3 Å². The van der Waals surface area contributed by atoms with Crippen molar-refractivity contribution in [3.05, 3.63) is 29.8 Å². The molecule has 3 heteroatoms. The lowest BCUT2D eigenvalue weighted by Crippen LogP contribution is -2.37. The molecule has 94 valence electrons. The van der Waals surface area contributed by atoms with E-state index in [1.165, 1.54) is 0 Å². The number of para-hydroxylation sites is 1. The van der Waals surface area contributed by atoms with Crippen LogP contribution in [0.5, 0.6) is 5.75 Å². The number of ether oxygens (including phenoxy) is 2. The summed E-state index contributed by atoms with van der Waals surface area (Å²) in [5.41, 5.74) is -0.0504. The first-order valence-electron chi connectivity index (χ1n) is 6.10. The van der Waals surface area contributed by atoms with Crippen molar-refractivity contribution in [3.63, 3.8) is 0 Å². The zero-order valence-corrected chi connectivity index (χ0v) is 10.5. The Morgan fingerprint density at radius 1 is 1.41 bits per heavy atom. The molecule has 0 amide bonds. The SMILES string of the molecule is COc1ccccc1C(C)(O)C1CCCOC1. The Hall–Kier alpha value is -1.06. The topological polar surface area (TPSA) is 38.7 Å². The maximum atomic E-state index is 10.8. The monoisotopic (exact) mass is 236 g/mol. The molecule has 2 rings (SSSR count). The number of hydrogen-bond donors (Lipinski definition) is 1. The van der Waals surface area contributed by atoms with Crippen LogP contribution in [0.1, 0.15) is 25.3 Å². The molecular weight excluding hydrogens is 216 g/mol. The number of hydrogen-bond acceptors (Lipinski definition) is 3. The van der Waals surface area contributed by atoms with Crippen molar-refractivity contribution in [2.75, 3.05) is 20.3 Å². The highest BCUT2D eigenvalue weighted by atomic mass is 16.5. The van der Waals surface area contributed by atoms with Gasteiger partial charge >= 0.3 is 0 Å². The van der Waals surface area contributed by atoms with Crippen LogP contribution in [-0.4, -0.2) is 25.4 Å². The quantitative estimate of drug-likeness (QED) is 0.875. The van der Waals surface area contributed by atoms with Gasteiger partial charge < -0.3 is 14.6 Å². The number of aliphatic hydroxyl groups is 1. The molecule has 0 spiro atoms. The van der Waals surface area contributed by atoms with Crippen molar-refractivity contribution >= 4 is 0 Å². The minimum Gasteiger partial charge on any atom is -0.496 e. The minimum atomic E-state index is -0.896. The maximum absolute atomic E-state index is 10.8. The molecule has 0 aromatic heterocycles. The van der Waals surface area contributed by atoms with E-state index >= 15 is 0 Å². The van der Waals surface area contributed by atoms with Crippen molar-refractivity contribution in [2.45, 2.75) is 25.4 Å². The van der Waals surface area contributed by atoms with E-state index in [1.807, 2.05) is 31.2 Å². The van der Waals surface area contributed by atoms with Gasteiger partial charge in [0.2, 0.25) is 0 Å². The molecule has 1 aliphatic heterocycles. The van der Waals surface area contributed by atoms with Gasteiger partial charge in [-0.3, -0.25) is 0 Å². The molecular formula is C14H20O3. The van der Waals surface area contributed by atoms with E-state index in [-0.39, 0.29) is 5.92 Å². The number of rotatable bonds is 3. The van der Waals surface area contributed by atoms with Crippen molar-refractivity contribution in [3.8, 4) is 5.75 Å². The maximum Gasteiger partial charge on any atom is 0.124 e. The second kappa shape index (κ2) is 5.07. The van der Waals surface area contributed by atoms with Crippen LogP contribution in [0.15, 0.2) is 24.3 Å². The van der Waals surface area contributed by atoms with Gasteiger partial charge in [-0.1, -0.05) is 18.2 Å². The van der Waals surface area contributed by atoms with E-state index in [0.29, 0.717) is 6.61 Å². The number of methoxy groups -OCH3 is 1. The van der Waals surface area contributed by atoms with Gasteiger partial charge in [0.05, 0.1) is 19.3 Å². The summed E-state index contributed by atoms with van der Waals surface area (Å²) in [6.07, 6.45) is 2.00. The lowest BCUT2D eigenvalue weighted by molar-refractivity contribution is -0.0733. The molecule has 1 N–H and O–H groups in total. The first-order valence-corrected chi connectivity index (χ1v) is 6.10. The standard InChI is InChI=1S/C14H20O3/c1-14(15,11-6-5-9-17-10-11)12-7-3-4-8-13(12)16-2/h3-4,7-8,11,15H,5-6,9-10H2,1-2H3. The van der Waals surface area contributed by atoms with Gasteiger partial charge in [0.15, 0.2) is 0 Å². The van der Waals surface area contributed by atoms with Crippen LogP contribution in [0, 0.1) is 5.92 Å². The van der Waals surface area contributed by atoms with Crippen LogP contribution in [0.3, 0.4) is 0 Å². The van der Waals surface area contributed by atoms with E-state index in [2.05, 4.69) is 0 Å². The van der Waals surface area contributed by atoms with Crippen LogP contribution in [0.2, 0.25) is 0 Å². The summed E-state index contributed by atoms with van der Waals surface area (Å²) in [6, 6.07) is 7.65. The molecule has 1 saturated heterocycles. The highest BCUT2D eigenvalue weighted by Gasteiger charge is 2.36. The molecule has 1 aromatic carbocycles. The summed E-state index contributed by atoms with van der Waals surface area (Å²) < 4.78 is 10.8. The summed E-state index contributed by atoms with van der Waals surface area (Å²) in [5, 5.41) is 10.8. The second-order valence-corrected chi connectivity index (χ2v) is 4.76. The zero-order chi connectivity index (χ0) is 12.3.